The third-order valence-corrected chi connectivity index (χ3v) is 1.58. The normalized spacial score (nSPS) is 14.0. The minimum atomic E-state index is 0.721. The number of benzene rings is 1. The van der Waals surface area contributed by atoms with E-state index in [1.54, 1.807) is 0 Å². The van der Waals surface area contributed by atoms with Gasteiger partial charge in [0.2, 0.25) is 6.41 Å². The highest BCUT2D eigenvalue weighted by molar-refractivity contribution is 5.85. The zero-order chi connectivity index (χ0) is 7.68. The number of para-hydroxylation sites is 2. The third kappa shape index (κ3) is 0.841. The van der Waals surface area contributed by atoms with Crippen molar-refractivity contribution in [2.45, 2.75) is 0 Å². The molecule has 4 nitrogen and oxygen atoms in total. The van der Waals surface area contributed by atoms with Gasteiger partial charge in [0.25, 0.3) is 0 Å². The van der Waals surface area contributed by atoms with Crippen LogP contribution in [0.5, 0.6) is 0 Å². The van der Waals surface area contributed by atoms with E-state index in [9.17, 15) is 4.79 Å². The summed E-state index contributed by atoms with van der Waals surface area (Å²) >= 11 is 0. The Balaban J connectivity index is 2.46. The maximum absolute atomic E-state index is 10.4. The van der Waals surface area contributed by atoms with E-state index < -0.39 is 0 Å². The smallest absolute Gasteiger partial charge is 0.230 e. The van der Waals surface area contributed by atoms with Crippen molar-refractivity contribution in [1.82, 2.24) is 5.53 Å². The SMILES string of the molecule is O=CN1NNc2ccccc21. The second-order valence-electron chi connectivity index (χ2n) is 2.23. The first-order chi connectivity index (χ1) is 5.42. The van der Waals surface area contributed by atoms with E-state index in [2.05, 4.69) is 11.0 Å². The van der Waals surface area contributed by atoms with Crippen molar-refractivity contribution in [2.75, 3.05) is 10.4 Å². The Labute approximate surface area is 63.8 Å². The van der Waals surface area contributed by atoms with Crippen molar-refractivity contribution < 1.29 is 4.79 Å². The molecule has 1 aliphatic heterocycles. The Morgan fingerprint density at radius 3 is 3.00 bits per heavy atom. The Bertz CT molecular complexity index is 287. The first kappa shape index (κ1) is 6.18. The molecule has 0 spiro atoms. The number of hydrazine groups is 2. The molecule has 0 bridgehead atoms. The monoisotopic (exact) mass is 149 g/mol. The highest BCUT2D eigenvalue weighted by atomic mass is 16.2. The van der Waals surface area contributed by atoms with Crippen LogP contribution >= 0.6 is 0 Å². The topological polar surface area (TPSA) is 44.4 Å². The molecule has 1 aliphatic rings. The first-order valence-electron chi connectivity index (χ1n) is 3.27. The highest BCUT2D eigenvalue weighted by Gasteiger charge is 2.15. The summed E-state index contributed by atoms with van der Waals surface area (Å²) in [6, 6.07) is 7.54. The fraction of sp³-hybridized carbons (Fsp3) is 0. The van der Waals surface area contributed by atoms with Gasteiger partial charge in [-0.2, -0.15) is 0 Å². The summed E-state index contributed by atoms with van der Waals surface area (Å²) in [6.45, 7) is 0. The van der Waals surface area contributed by atoms with Crippen molar-refractivity contribution >= 4 is 17.8 Å². The van der Waals surface area contributed by atoms with Gasteiger partial charge in [-0.3, -0.25) is 4.79 Å². The summed E-state index contributed by atoms with van der Waals surface area (Å²) in [5, 5.41) is 1.38. The number of hydrogen-bond acceptors (Lipinski definition) is 3. The zero-order valence-electron chi connectivity index (χ0n) is 5.74. The van der Waals surface area contributed by atoms with E-state index in [0.717, 1.165) is 17.8 Å². The van der Waals surface area contributed by atoms with Gasteiger partial charge in [0.05, 0.1) is 11.4 Å². The van der Waals surface area contributed by atoms with E-state index >= 15 is 0 Å². The second kappa shape index (κ2) is 2.25. The molecule has 0 saturated heterocycles. The van der Waals surface area contributed by atoms with Gasteiger partial charge in [-0.05, 0) is 12.1 Å². The van der Waals surface area contributed by atoms with Crippen LogP contribution in [0, 0.1) is 0 Å². The first-order valence-corrected chi connectivity index (χ1v) is 3.27. The molecule has 0 radical (unpaired) electrons. The van der Waals surface area contributed by atoms with Crippen molar-refractivity contribution in [3.8, 4) is 0 Å². The average molecular weight is 149 g/mol. The van der Waals surface area contributed by atoms with E-state index in [1.165, 1.54) is 5.01 Å². The van der Waals surface area contributed by atoms with Gasteiger partial charge in [0.1, 0.15) is 0 Å². The summed E-state index contributed by atoms with van der Waals surface area (Å²) in [4.78, 5) is 10.4. The molecule has 0 saturated carbocycles. The fourth-order valence-corrected chi connectivity index (χ4v) is 1.05. The van der Waals surface area contributed by atoms with Crippen LogP contribution in [0.15, 0.2) is 24.3 Å². The number of carbonyl (C=O) groups excluding carboxylic acids is 1. The molecule has 11 heavy (non-hydrogen) atoms. The van der Waals surface area contributed by atoms with Crippen molar-refractivity contribution in [1.29, 1.82) is 0 Å². The summed E-state index contributed by atoms with van der Waals surface area (Å²) < 4.78 is 0. The largest absolute Gasteiger partial charge is 0.301 e. The molecule has 1 aromatic rings. The third-order valence-electron chi connectivity index (χ3n) is 1.58. The number of amides is 1. The average Bonchev–Trinajstić information content (AvgIpc) is 2.47. The molecular formula is C7H7N3O. The van der Waals surface area contributed by atoms with Crippen molar-refractivity contribution in [3.63, 3.8) is 0 Å². The number of carbonyl (C=O) groups is 1. The molecule has 1 aromatic carbocycles. The quantitative estimate of drug-likeness (QED) is 0.571. The highest BCUT2D eigenvalue weighted by Crippen LogP contribution is 2.26. The number of rotatable bonds is 1. The van der Waals surface area contributed by atoms with Crippen LogP contribution in [-0.4, -0.2) is 6.41 Å². The van der Waals surface area contributed by atoms with Gasteiger partial charge in [0, 0.05) is 0 Å². The number of nitrogens with one attached hydrogen (secondary N) is 2. The molecular weight excluding hydrogens is 142 g/mol. The van der Waals surface area contributed by atoms with Gasteiger partial charge in [-0.15, -0.1) is 5.53 Å². The van der Waals surface area contributed by atoms with Crippen LogP contribution in [0.3, 0.4) is 0 Å². The fourth-order valence-electron chi connectivity index (χ4n) is 1.05. The maximum atomic E-state index is 10.4. The van der Waals surface area contributed by atoms with Crippen LogP contribution in [0.2, 0.25) is 0 Å². The van der Waals surface area contributed by atoms with Gasteiger partial charge in [0.15, 0.2) is 0 Å². The number of nitrogens with zero attached hydrogens (tertiary/aromatic N) is 1. The Kier molecular flexibility index (Phi) is 1.26. The predicted molar refractivity (Wildman–Crippen MR) is 41.7 cm³/mol. The Hall–Kier alpha value is -1.55. The molecule has 0 atom stereocenters. The molecule has 0 aromatic heterocycles. The lowest BCUT2D eigenvalue weighted by Crippen LogP contribution is -2.34. The molecule has 56 valence electrons. The number of hydrogen-bond donors (Lipinski definition) is 2. The van der Waals surface area contributed by atoms with Gasteiger partial charge in [-0.1, -0.05) is 12.1 Å². The standard InChI is InChI=1S/C7H7N3O/c11-5-10-7-4-2-1-3-6(7)8-9-10/h1-5,8-9H. The van der Waals surface area contributed by atoms with E-state index in [0.29, 0.717) is 0 Å². The van der Waals surface area contributed by atoms with E-state index in [1.807, 2.05) is 24.3 Å². The molecule has 1 heterocycles. The van der Waals surface area contributed by atoms with Gasteiger partial charge in [-0.25, -0.2) is 5.01 Å². The van der Waals surface area contributed by atoms with Crippen LogP contribution in [-0.2, 0) is 4.79 Å². The van der Waals surface area contributed by atoms with E-state index in [4.69, 9.17) is 0 Å². The molecule has 2 N–H and O–H groups in total. The second-order valence-corrected chi connectivity index (χ2v) is 2.23. The molecule has 1 amide bonds. The van der Waals surface area contributed by atoms with Crippen molar-refractivity contribution in [3.05, 3.63) is 24.3 Å². The molecule has 2 rings (SSSR count). The Morgan fingerprint density at radius 1 is 1.36 bits per heavy atom. The number of anilines is 2. The number of fused-ring (bicyclic) bond motifs is 1. The molecule has 0 aliphatic carbocycles. The molecule has 4 heteroatoms. The molecule has 0 fully saturated rings. The van der Waals surface area contributed by atoms with E-state index in [-0.39, 0.29) is 0 Å². The molecule has 0 unspecified atom stereocenters. The zero-order valence-corrected chi connectivity index (χ0v) is 5.74. The summed E-state index contributed by atoms with van der Waals surface area (Å²) in [5.41, 5.74) is 7.30. The van der Waals surface area contributed by atoms with Crippen molar-refractivity contribution in [2.24, 2.45) is 0 Å². The lowest BCUT2D eigenvalue weighted by molar-refractivity contribution is -0.107. The predicted octanol–water partition coefficient (Wildman–Crippen LogP) is 0.494. The minimum absolute atomic E-state index is 0.721. The lowest BCUT2D eigenvalue weighted by atomic mass is 10.3. The maximum Gasteiger partial charge on any atom is 0.230 e. The minimum Gasteiger partial charge on any atom is -0.301 e. The van der Waals surface area contributed by atoms with Crippen LogP contribution in [0.4, 0.5) is 11.4 Å². The summed E-state index contributed by atoms with van der Waals surface area (Å²) in [5.74, 6) is 0. The van der Waals surface area contributed by atoms with Crippen LogP contribution in [0.1, 0.15) is 0 Å². The van der Waals surface area contributed by atoms with Gasteiger partial charge < -0.3 is 5.43 Å². The summed E-state index contributed by atoms with van der Waals surface area (Å²) in [6.07, 6.45) is 0.721. The van der Waals surface area contributed by atoms with Crippen LogP contribution in [0.25, 0.3) is 0 Å². The lowest BCUT2D eigenvalue weighted by Gasteiger charge is -2.06. The summed E-state index contributed by atoms with van der Waals surface area (Å²) in [7, 11) is 0. The van der Waals surface area contributed by atoms with Gasteiger partial charge >= 0.3 is 0 Å². The Morgan fingerprint density at radius 2 is 2.18 bits per heavy atom. The van der Waals surface area contributed by atoms with Crippen LogP contribution < -0.4 is 16.0 Å².